The van der Waals surface area contributed by atoms with Crippen LogP contribution >= 0.6 is 0 Å². The quantitative estimate of drug-likeness (QED) is 0.441. The number of fused-ring (bicyclic) bond motifs is 1. The summed E-state index contributed by atoms with van der Waals surface area (Å²) in [4.78, 5) is 33.6. The van der Waals surface area contributed by atoms with Crippen LogP contribution in [0.5, 0.6) is 5.75 Å². The van der Waals surface area contributed by atoms with Gasteiger partial charge in [0.05, 0.1) is 10.4 Å². The van der Waals surface area contributed by atoms with Crippen LogP contribution in [0.2, 0.25) is 0 Å². The van der Waals surface area contributed by atoms with Gasteiger partial charge >= 0.3 is 6.09 Å². The monoisotopic (exact) mass is 500 g/mol. The number of carbonyl (C=O) groups excluding carboxylic acids is 2. The summed E-state index contributed by atoms with van der Waals surface area (Å²) in [5.41, 5.74) is 1.84. The molecule has 4 aromatic rings. The molecule has 8 nitrogen and oxygen atoms in total. The Bertz CT molecular complexity index is 1400. The molecule has 1 fully saturated rings. The average molecular weight is 501 g/mol. The van der Waals surface area contributed by atoms with E-state index in [1.807, 2.05) is 30.3 Å². The number of amides is 2. The van der Waals surface area contributed by atoms with E-state index in [9.17, 15) is 13.8 Å². The van der Waals surface area contributed by atoms with Gasteiger partial charge in [0.1, 0.15) is 5.75 Å². The Kier molecular flexibility index (Phi) is 6.90. The van der Waals surface area contributed by atoms with E-state index in [1.165, 1.54) is 0 Å². The number of benzene rings is 3. The van der Waals surface area contributed by atoms with Crippen LogP contribution in [-0.4, -0.2) is 57.2 Å². The minimum Gasteiger partial charge on any atom is -0.410 e. The smallest absolute Gasteiger partial charge is 0.410 e. The summed E-state index contributed by atoms with van der Waals surface area (Å²) >= 11 is 0. The Balaban J connectivity index is 1.17. The molecule has 1 aliphatic heterocycles. The van der Waals surface area contributed by atoms with Crippen molar-refractivity contribution in [2.75, 3.05) is 30.9 Å². The van der Waals surface area contributed by atoms with Crippen LogP contribution in [0.3, 0.4) is 0 Å². The molecule has 0 saturated carbocycles. The van der Waals surface area contributed by atoms with Crippen LogP contribution in [0.25, 0.3) is 10.9 Å². The number of anilines is 1. The third-order valence-electron chi connectivity index (χ3n) is 5.91. The highest BCUT2D eigenvalue weighted by atomic mass is 32.2. The van der Waals surface area contributed by atoms with E-state index in [4.69, 9.17) is 4.74 Å². The number of hydrogen-bond donors (Lipinski definition) is 1. The van der Waals surface area contributed by atoms with Gasteiger partial charge in [0.2, 0.25) is 0 Å². The van der Waals surface area contributed by atoms with Crippen molar-refractivity contribution in [3.05, 3.63) is 96.7 Å². The first-order valence-electron chi connectivity index (χ1n) is 11.5. The molecule has 1 saturated heterocycles. The lowest BCUT2D eigenvalue weighted by atomic mass is 10.1. The Morgan fingerprint density at radius 1 is 0.806 bits per heavy atom. The summed E-state index contributed by atoms with van der Waals surface area (Å²) < 4.78 is 21.3. The lowest BCUT2D eigenvalue weighted by Crippen LogP contribution is -2.51. The number of nitrogens with one attached hydrogen (secondary N) is 1. The molecule has 1 aromatic heterocycles. The van der Waals surface area contributed by atoms with E-state index in [-0.39, 0.29) is 5.91 Å². The van der Waals surface area contributed by atoms with Crippen LogP contribution < -0.4 is 9.46 Å². The molecule has 36 heavy (non-hydrogen) atoms. The zero-order chi connectivity index (χ0) is 24.9. The Labute approximate surface area is 211 Å². The molecule has 1 aliphatic rings. The molecule has 1 N–H and O–H groups in total. The fraction of sp³-hybridized carbons (Fsp3) is 0.148. The Morgan fingerprint density at radius 2 is 1.50 bits per heavy atom. The van der Waals surface area contributed by atoms with Gasteiger partial charge in [0.15, 0.2) is 11.0 Å². The number of pyridine rings is 1. The number of rotatable bonds is 5. The molecular formula is C27H24N4O4S. The van der Waals surface area contributed by atoms with Crippen molar-refractivity contribution >= 4 is 39.6 Å². The summed E-state index contributed by atoms with van der Waals surface area (Å²) in [6, 6.07) is 25.1. The first-order valence-corrected chi connectivity index (χ1v) is 12.7. The minimum absolute atomic E-state index is 0.114. The maximum Gasteiger partial charge on any atom is 0.415 e. The van der Waals surface area contributed by atoms with E-state index in [1.54, 1.807) is 70.6 Å². The maximum atomic E-state index is 13.0. The number of aromatic nitrogens is 1. The second kappa shape index (κ2) is 10.6. The predicted molar refractivity (Wildman–Crippen MR) is 138 cm³/mol. The van der Waals surface area contributed by atoms with Crippen LogP contribution in [-0.2, 0) is 11.0 Å². The Hall–Kier alpha value is -4.24. The van der Waals surface area contributed by atoms with Gasteiger partial charge in [-0.3, -0.25) is 9.78 Å². The van der Waals surface area contributed by atoms with Crippen molar-refractivity contribution in [3.8, 4) is 5.75 Å². The normalized spacial score (nSPS) is 14.3. The van der Waals surface area contributed by atoms with Crippen LogP contribution in [0.4, 0.5) is 10.5 Å². The van der Waals surface area contributed by atoms with Gasteiger partial charge in [0.25, 0.3) is 5.91 Å². The third-order valence-corrected chi connectivity index (χ3v) is 7.06. The Morgan fingerprint density at radius 3 is 2.25 bits per heavy atom. The molecule has 0 bridgehead atoms. The molecule has 0 spiro atoms. The van der Waals surface area contributed by atoms with Gasteiger partial charge in [-0.2, -0.15) is 0 Å². The van der Waals surface area contributed by atoms with Crippen molar-refractivity contribution in [2.45, 2.75) is 4.90 Å². The second-order valence-corrected chi connectivity index (χ2v) is 9.42. The lowest BCUT2D eigenvalue weighted by Gasteiger charge is -2.34. The molecule has 0 aliphatic carbocycles. The summed E-state index contributed by atoms with van der Waals surface area (Å²) in [5, 5.41) is 0.916. The van der Waals surface area contributed by atoms with Gasteiger partial charge in [-0.25, -0.2) is 9.00 Å². The highest BCUT2D eigenvalue weighted by Crippen LogP contribution is 2.21. The van der Waals surface area contributed by atoms with Crippen molar-refractivity contribution in [3.63, 3.8) is 0 Å². The SMILES string of the molecule is O=C(Oc1ccccc1)N1CCN(C(=O)c2ccc(NS(=O)c3cccc4cccnc34)cc2)CC1. The summed E-state index contributed by atoms with van der Waals surface area (Å²) in [6.45, 7) is 1.63. The molecule has 9 heteroatoms. The summed E-state index contributed by atoms with van der Waals surface area (Å²) in [5.74, 6) is 0.379. The fourth-order valence-electron chi connectivity index (χ4n) is 4.00. The predicted octanol–water partition coefficient (Wildman–Crippen LogP) is 4.33. The van der Waals surface area contributed by atoms with Gasteiger partial charge < -0.3 is 19.3 Å². The zero-order valence-electron chi connectivity index (χ0n) is 19.4. The molecule has 2 amide bonds. The average Bonchev–Trinajstić information content (AvgIpc) is 2.93. The number of carbonyl (C=O) groups is 2. The van der Waals surface area contributed by atoms with Crippen molar-refractivity contribution < 1.29 is 18.5 Å². The number of piperazine rings is 1. The number of hydrogen-bond acceptors (Lipinski definition) is 5. The summed E-state index contributed by atoms with van der Waals surface area (Å²) in [7, 11) is -1.51. The topological polar surface area (TPSA) is 91.8 Å². The first kappa shape index (κ1) is 23.5. The molecule has 2 heterocycles. The van der Waals surface area contributed by atoms with E-state index in [2.05, 4.69) is 9.71 Å². The molecule has 5 rings (SSSR count). The fourth-order valence-corrected chi connectivity index (χ4v) is 5.01. The van der Waals surface area contributed by atoms with E-state index in [0.29, 0.717) is 53.6 Å². The maximum absolute atomic E-state index is 13.0. The van der Waals surface area contributed by atoms with E-state index in [0.717, 1.165) is 5.39 Å². The van der Waals surface area contributed by atoms with Crippen molar-refractivity contribution in [1.29, 1.82) is 0 Å². The molecule has 1 unspecified atom stereocenters. The van der Waals surface area contributed by atoms with Gasteiger partial charge in [-0.15, -0.1) is 0 Å². The molecule has 3 aromatic carbocycles. The molecular weight excluding hydrogens is 476 g/mol. The molecule has 1 atom stereocenters. The zero-order valence-corrected chi connectivity index (χ0v) is 20.2. The van der Waals surface area contributed by atoms with Crippen molar-refractivity contribution in [1.82, 2.24) is 14.8 Å². The van der Waals surface area contributed by atoms with Gasteiger partial charge in [-0.1, -0.05) is 36.4 Å². The van der Waals surface area contributed by atoms with Crippen LogP contribution in [0.15, 0.2) is 96.0 Å². The van der Waals surface area contributed by atoms with Gasteiger partial charge in [-0.05, 0) is 48.5 Å². The lowest BCUT2D eigenvalue weighted by molar-refractivity contribution is 0.0633. The second-order valence-electron chi connectivity index (χ2n) is 8.24. The highest BCUT2D eigenvalue weighted by Gasteiger charge is 2.26. The highest BCUT2D eigenvalue weighted by molar-refractivity contribution is 7.86. The minimum atomic E-state index is -1.51. The van der Waals surface area contributed by atoms with Crippen LogP contribution in [0.1, 0.15) is 10.4 Å². The number of nitrogens with zero attached hydrogens (tertiary/aromatic N) is 3. The largest absolute Gasteiger partial charge is 0.415 e. The summed E-state index contributed by atoms with van der Waals surface area (Å²) in [6.07, 6.45) is 1.26. The van der Waals surface area contributed by atoms with E-state index >= 15 is 0 Å². The van der Waals surface area contributed by atoms with Crippen LogP contribution in [0, 0.1) is 0 Å². The third kappa shape index (κ3) is 5.21. The number of para-hydroxylation sites is 2. The standard InChI is InChI=1S/C27H24N4O4S/c32-26(30-16-18-31(19-17-30)27(33)35-23-8-2-1-3-9-23)21-11-13-22(14-12-21)29-36(34)24-10-4-6-20-7-5-15-28-25(20)24/h1-15,29H,16-19H2. The van der Waals surface area contributed by atoms with Gasteiger partial charge in [0, 0.05) is 49.0 Å². The molecule has 182 valence electrons. The first-order chi connectivity index (χ1) is 17.6. The van der Waals surface area contributed by atoms with E-state index < -0.39 is 17.1 Å². The van der Waals surface area contributed by atoms with Crippen molar-refractivity contribution in [2.24, 2.45) is 0 Å². The number of ether oxygens (including phenoxy) is 1. The molecule has 0 radical (unpaired) electrons.